The lowest BCUT2D eigenvalue weighted by Crippen LogP contribution is -2.06. The van der Waals surface area contributed by atoms with E-state index >= 15 is 0 Å². The van der Waals surface area contributed by atoms with Gasteiger partial charge in [0.1, 0.15) is 5.58 Å². The Labute approximate surface area is 380 Å². The maximum atomic E-state index is 7.06. The van der Waals surface area contributed by atoms with E-state index < -0.39 is 0 Å². The molecule has 4 nitrogen and oxygen atoms in total. The molecule has 14 rings (SSSR count). The number of nitrogens with zero attached hydrogens (tertiary/aromatic N) is 3. The van der Waals surface area contributed by atoms with Crippen molar-refractivity contribution in [3.05, 3.63) is 252 Å². The van der Waals surface area contributed by atoms with Crippen LogP contribution in [0.15, 0.2) is 233 Å². The van der Waals surface area contributed by atoms with E-state index in [1.807, 2.05) is 6.07 Å². The molecule has 0 saturated heterocycles. The van der Waals surface area contributed by atoms with Crippen LogP contribution >= 0.6 is 0 Å². The summed E-state index contributed by atoms with van der Waals surface area (Å²) >= 11 is 0. The fourth-order valence-corrected chi connectivity index (χ4v) is 10.9. The molecule has 10 aromatic carbocycles. The van der Waals surface area contributed by atoms with Crippen LogP contribution in [0.4, 0.5) is 0 Å². The lowest BCUT2D eigenvalue weighted by atomic mass is 9.88. The quantitative estimate of drug-likeness (QED) is 0.170. The van der Waals surface area contributed by atoms with Gasteiger partial charge in [0, 0.05) is 50.4 Å². The summed E-state index contributed by atoms with van der Waals surface area (Å²) in [5.74, 6) is 0.827. The standard InChI is InChI=1S/C62H39N3O/c1-3-16-39(17-4-1)58-47-24-12-11-23-45(47)46-29-28-43(36-52(46)58)53-32-33-54(64-62(63-53)40-18-5-2-6-19-40)49-31-34-55(61-59(49)50-25-13-14-26-57(50)66-61)65-56-37-42-21-8-7-20-41(42)35-51(56)48-30-27-38-15-9-10-22-44(38)60(48)65/h1-31,33-37,58H,32H2. The summed E-state index contributed by atoms with van der Waals surface area (Å²) in [7, 11) is 0. The van der Waals surface area contributed by atoms with Gasteiger partial charge in [-0.05, 0) is 85.9 Å². The van der Waals surface area contributed by atoms with Crippen molar-refractivity contribution in [3.8, 4) is 16.8 Å². The molecule has 1 unspecified atom stereocenters. The van der Waals surface area contributed by atoms with E-state index in [1.165, 1.54) is 60.1 Å². The molecule has 1 aliphatic heterocycles. The smallest absolute Gasteiger partial charge is 0.160 e. The molecule has 0 spiro atoms. The number of benzene rings is 10. The van der Waals surface area contributed by atoms with Gasteiger partial charge in [0.05, 0.1) is 28.1 Å². The minimum Gasteiger partial charge on any atom is -0.454 e. The summed E-state index contributed by atoms with van der Waals surface area (Å²) < 4.78 is 9.49. The van der Waals surface area contributed by atoms with Crippen LogP contribution in [0.25, 0.3) is 87.8 Å². The number of aliphatic imine (C=N–C) groups is 2. The van der Waals surface area contributed by atoms with E-state index in [0.29, 0.717) is 12.3 Å². The number of allylic oxidation sites excluding steroid dienone is 1. The lowest BCUT2D eigenvalue weighted by molar-refractivity contribution is 0.666. The second kappa shape index (κ2) is 14.5. The molecule has 0 amide bonds. The van der Waals surface area contributed by atoms with Crippen LogP contribution in [0.3, 0.4) is 0 Å². The van der Waals surface area contributed by atoms with Gasteiger partial charge in [-0.1, -0.05) is 182 Å². The van der Waals surface area contributed by atoms with Gasteiger partial charge >= 0.3 is 0 Å². The van der Waals surface area contributed by atoms with Crippen LogP contribution in [0.1, 0.15) is 45.7 Å². The van der Waals surface area contributed by atoms with E-state index in [4.69, 9.17) is 14.4 Å². The number of furan rings is 1. The van der Waals surface area contributed by atoms with E-state index in [1.54, 1.807) is 0 Å². The summed E-state index contributed by atoms with van der Waals surface area (Å²) in [6.45, 7) is 0. The molecule has 0 radical (unpaired) electrons. The number of amidine groups is 1. The van der Waals surface area contributed by atoms with Crippen molar-refractivity contribution in [1.82, 2.24) is 4.57 Å². The van der Waals surface area contributed by atoms with Crippen molar-refractivity contribution in [2.24, 2.45) is 9.98 Å². The molecule has 0 N–H and O–H groups in total. The van der Waals surface area contributed by atoms with Crippen LogP contribution in [0.5, 0.6) is 0 Å². The van der Waals surface area contributed by atoms with Crippen LogP contribution in [0.2, 0.25) is 0 Å². The third-order valence-corrected chi connectivity index (χ3v) is 13.9. The molecule has 2 aromatic heterocycles. The second-order valence-corrected chi connectivity index (χ2v) is 17.6. The third kappa shape index (κ3) is 5.58. The third-order valence-electron chi connectivity index (χ3n) is 13.9. The van der Waals surface area contributed by atoms with Gasteiger partial charge in [0.15, 0.2) is 11.4 Å². The second-order valence-electron chi connectivity index (χ2n) is 17.6. The maximum Gasteiger partial charge on any atom is 0.160 e. The number of rotatable bonds is 5. The van der Waals surface area contributed by atoms with Crippen molar-refractivity contribution in [3.63, 3.8) is 0 Å². The Balaban J connectivity index is 0.979. The number of fused-ring (bicyclic) bond motifs is 12. The molecule has 66 heavy (non-hydrogen) atoms. The van der Waals surface area contributed by atoms with Gasteiger partial charge in [0.2, 0.25) is 0 Å². The maximum absolute atomic E-state index is 7.06. The van der Waals surface area contributed by atoms with Crippen LogP contribution in [0, 0.1) is 0 Å². The zero-order valence-corrected chi connectivity index (χ0v) is 35.8. The summed E-state index contributed by atoms with van der Waals surface area (Å²) in [5.41, 5.74) is 16.4. The normalized spacial score (nSPS) is 14.7. The highest BCUT2D eigenvalue weighted by molar-refractivity contribution is 6.23. The highest BCUT2D eigenvalue weighted by atomic mass is 16.3. The van der Waals surface area contributed by atoms with Crippen molar-refractivity contribution < 1.29 is 4.42 Å². The average molecular weight is 842 g/mol. The summed E-state index contributed by atoms with van der Waals surface area (Å²) in [6.07, 6.45) is 2.86. The zero-order chi connectivity index (χ0) is 43.3. The minimum atomic E-state index is 0.143. The SMILES string of the molecule is C1=C(c2ccc(-n3c4cc5ccccc5cc4c4ccc5ccccc5c43)c3oc4ccccc4c23)N=C(c2ccccc2)N=C(c2ccc3c(c2)C(c2ccccc2)c2ccccc2-3)C1. The molecule has 4 heteroatoms. The van der Waals surface area contributed by atoms with Gasteiger partial charge in [-0.15, -0.1) is 0 Å². The Kier molecular flexibility index (Phi) is 8.07. The Morgan fingerprint density at radius 3 is 2.03 bits per heavy atom. The van der Waals surface area contributed by atoms with Crippen LogP contribution < -0.4 is 0 Å². The molecule has 0 fully saturated rings. The van der Waals surface area contributed by atoms with Gasteiger partial charge in [-0.2, -0.15) is 0 Å². The van der Waals surface area contributed by atoms with Crippen molar-refractivity contribution in [2.75, 3.05) is 0 Å². The van der Waals surface area contributed by atoms with Crippen molar-refractivity contribution >= 4 is 82.5 Å². The van der Waals surface area contributed by atoms with Crippen LogP contribution in [-0.4, -0.2) is 16.1 Å². The first-order valence-electron chi connectivity index (χ1n) is 22.7. The number of aromatic nitrogens is 1. The number of hydrogen-bond donors (Lipinski definition) is 0. The highest BCUT2D eigenvalue weighted by Gasteiger charge is 2.31. The molecule has 1 aliphatic carbocycles. The van der Waals surface area contributed by atoms with E-state index in [0.717, 1.165) is 66.8 Å². The largest absolute Gasteiger partial charge is 0.454 e. The molecule has 0 saturated carbocycles. The first-order valence-corrected chi connectivity index (χ1v) is 22.7. The van der Waals surface area contributed by atoms with E-state index in [9.17, 15) is 0 Å². The molecule has 12 aromatic rings. The summed E-state index contributed by atoms with van der Waals surface area (Å²) in [6, 6.07) is 76.5. The van der Waals surface area contributed by atoms with Gasteiger partial charge < -0.3 is 8.98 Å². The summed E-state index contributed by atoms with van der Waals surface area (Å²) in [4.78, 5) is 11.0. The predicted octanol–water partition coefficient (Wildman–Crippen LogP) is 15.8. The molecule has 2 aliphatic rings. The Morgan fingerprint density at radius 1 is 0.470 bits per heavy atom. The molecular weight excluding hydrogens is 803 g/mol. The molecule has 308 valence electrons. The lowest BCUT2D eigenvalue weighted by Gasteiger charge is -2.15. The Bertz CT molecular complexity index is 4070. The predicted molar refractivity (Wildman–Crippen MR) is 274 cm³/mol. The first kappa shape index (κ1) is 36.8. The average Bonchev–Trinajstić information content (AvgIpc) is 3.97. The summed E-state index contributed by atoms with van der Waals surface area (Å²) in [5, 5.41) is 9.31. The minimum absolute atomic E-state index is 0.143. The van der Waals surface area contributed by atoms with E-state index in [-0.39, 0.29) is 5.92 Å². The topological polar surface area (TPSA) is 42.8 Å². The van der Waals surface area contributed by atoms with Crippen LogP contribution in [-0.2, 0) is 0 Å². The van der Waals surface area contributed by atoms with Gasteiger partial charge in [-0.3, -0.25) is 0 Å². The fourth-order valence-electron chi connectivity index (χ4n) is 10.9. The molecule has 0 bridgehead atoms. The fraction of sp³-hybridized carbons (Fsp3) is 0.0323. The van der Waals surface area contributed by atoms with Gasteiger partial charge in [-0.25, -0.2) is 9.98 Å². The van der Waals surface area contributed by atoms with Gasteiger partial charge in [0.25, 0.3) is 0 Å². The first-order chi connectivity index (χ1) is 32.7. The molecular formula is C62H39N3O. The van der Waals surface area contributed by atoms with Crippen molar-refractivity contribution in [2.45, 2.75) is 12.3 Å². The number of hydrogen-bond acceptors (Lipinski definition) is 3. The highest BCUT2D eigenvalue weighted by Crippen LogP contribution is 2.49. The molecule has 1 atom stereocenters. The monoisotopic (exact) mass is 841 g/mol. The van der Waals surface area contributed by atoms with Crippen molar-refractivity contribution in [1.29, 1.82) is 0 Å². The number of para-hydroxylation sites is 1. The Hall–Kier alpha value is -8.60. The Morgan fingerprint density at radius 2 is 1.17 bits per heavy atom. The van der Waals surface area contributed by atoms with E-state index in [2.05, 4.69) is 217 Å². The molecule has 3 heterocycles. The zero-order valence-electron chi connectivity index (χ0n) is 35.8.